The molecule has 3 heterocycles. The van der Waals surface area contributed by atoms with Gasteiger partial charge in [-0.2, -0.15) is 0 Å². The van der Waals surface area contributed by atoms with Gasteiger partial charge in [0.1, 0.15) is 0 Å². The van der Waals surface area contributed by atoms with Crippen molar-refractivity contribution in [2.75, 3.05) is 32.8 Å². The highest BCUT2D eigenvalue weighted by Crippen LogP contribution is 2.32. The Morgan fingerprint density at radius 3 is 2.96 bits per heavy atom. The number of ether oxygens (including phenoxy) is 1. The standard InChI is InChI=1S/C19H29N3O3/c1-2-25-18-6-4-15(12-20-18)13-21-10-8-17-16(14-21)5-7-19(24)22(17)9-3-11-23/h4,6,12,16-17,23H,2-3,5,7-11,13-14H2,1H3/t16-,17+/m0/s1. The summed E-state index contributed by atoms with van der Waals surface area (Å²) in [4.78, 5) is 21.1. The molecule has 0 saturated carbocycles. The predicted octanol–water partition coefficient (Wildman–Crippen LogP) is 1.68. The molecule has 0 unspecified atom stereocenters. The minimum absolute atomic E-state index is 0.151. The minimum atomic E-state index is 0.151. The summed E-state index contributed by atoms with van der Waals surface area (Å²) in [6.07, 6.45) is 5.22. The van der Waals surface area contributed by atoms with E-state index in [4.69, 9.17) is 9.84 Å². The third-order valence-corrected chi connectivity index (χ3v) is 5.28. The van der Waals surface area contributed by atoms with Crippen molar-refractivity contribution in [2.24, 2.45) is 5.92 Å². The van der Waals surface area contributed by atoms with Crippen molar-refractivity contribution in [1.82, 2.24) is 14.8 Å². The number of aliphatic hydroxyl groups excluding tert-OH is 1. The highest BCUT2D eigenvalue weighted by Gasteiger charge is 2.38. The molecule has 2 atom stereocenters. The first-order chi connectivity index (χ1) is 12.2. The molecule has 6 heteroatoms. The Bertz CT molecular complexity index is 564. The van der Waals surface area contributed by atoms with Gasteiger partial charge in [0.2, 0.25) is 11.8 Å². The van der Waals surface area contributed by atoms with Crippen LogP contribution in [0.3, 0.4) is 0 Å². The maximum Gasteiger partial charge on any atom is 0.222 e. The van der Waals surface area contributed by atoms with Crippen LogP contribution in [0.2, 0.25) is 0 Å². The van der Waals surface area contributed by atoms with Gasteiger partial charge in [-0.15, -0.1) is 0 Å². The fourth-order valence-corrected chi connectivity index (χ4v) is 4.10. The summed E-state index contributed by atoms with van der Waals surface area (Å²) in [6.45, 7) is 6.36. The van der Waals surface area contributed by atoms with Crippen LogP contribution in [0.4, 0.5) is 0 Å². The predicted molar refractivity (Wildman–Crippen MR) is 95.2 cm³/mol. The molecule has 6 nitrogen and oxygen atoms in total. The van der Waals surface area contributed by atoms with E-state index in [2.05, 4.69) is 16.0 Å². The quantitative estimate of drug-likeness (QED) is 0.813. The Morgan fingerprint density at radius 2 is 2.24 bits per heavy atom. The number of carbonyl (C=O) groups excluding carboxylic acids is 1. The van der Waals surface area contributed by atoms with Gasteiger partial charge >= 0.3 is 0 Å². The highest BCUT2D eigenvalue weighted by molar-refractivity contribution is 5.77. The van der Waals surface area contributed by atoms with Gasteiger partial charge in [-0.25, -0.2) is 4.98 Å². The lowest BCUT2D eigenvalue weighted by molar-refractivity contribution is -0.141. The van der Waals surface area contributed by atoms with E-state index < -0.39 is 0 Å². The zero-order valence-corrected chi connectivity index (χ0v) is 15.1. The van der Waals surface area contributed by atoms with Crippen LogP contribution < -0.4 is 4.74 Å². The second-order valence-corrected chi connectivity index (χ2v) is 6.99. The van der Waals surface area contributed by atoms with Crippen LogP contribution in [0, 0.1) is 5.92 Å². The highest BCUT2D eigenvalue weighted by atomic mass is 16.5. The van der Waals surface area contributed by atoms with Crippen LogP contribution in [0.15, 0.2) is 18.3 Å². The number of pyridine rings is 1. The molecule has 0 aromatic carbocycles. The topological polar surface area (TPSA) is 65.9 Å². The summed E-state index contributed by atoms with van der Waals surface area (Å²) in [5, 5.41) is 9.08. The van der Waals surface area contributed by atoms with Crippen molar-refractivity contribution < 1.29 is 14.6 Å². The lowest BCUT2D eigenvalue weighted by Crippen LogP contribution is -2.56. The molecular weight excluding hydrogens is 318 g/mol. The first-order valence-corrected chi connectivity index (χ1v) is 9.41. The molecule has 1 aromatic rings. The Kier molecular flexibility index (Phi) is 6.26. The largest absolute Gasteiger partial charge is 0.478 e. The summed E-state index contributed by atoms with van der Waals surface area (Å²) in [6, 6.07) is 4.37. The zero-order valence-electron chi connectivity index (χ0n) is 15.1. The average Bonchev–Trinajstić information content (AvgIpc) is 2.63. The van der Waals surface area contributed by atoms with Gasteiger partial charge in [0.15, 0.2) is 0 Å². The van der Waals surface area contributed by atoms with E-state index in [1.54, 1.807) is 0 Å². The number of nitrogens with zero attached hydrogens (tertiary/aromatic N) is 3. The smallest absolute Gasteiger partial charge is 0.222 e. The molecule has 138 valence electrons. The van der Waals surface area contributed by atoms with Gasteiger partial charge in [-0.3, -0.25) is 9.69 Å². The Hall–Kier alpha value is -1.66. The molecule has 1 N–H and O–H groups in total. The molecule has 0 aliphatic carbocycles. The van der Waals surface area contributed by atoms with Crippen LogP contribution in [0.25, 0.3) is 0 Å². The van der Waals surface area contributed by atoms with Gasteiger partial charge in [-0.05, 0) is 37.7 Å². The third-order valence-electron chi connectivity index (χ3n) is 5.28. The number of hydrogen-bond acceptors (Lipinski definition) is 5. The average molecular weight is 347 g/mol. The van der Waals surface area contributed by atoms with Gasteiger partial charge in [0, 0.05) is 57.5 Å². The lowest BCUT2D eigenvalue weighted by atomic mass is 9.83. The second kappa shape index (κ2) is 8.63. The summed E-state index contributed by atoms with van der Waals surface area (Å²) in [7, 11) is 0. The van der Waals surface area contributed by atoms with Crippen molar-refractivity contribution >= 4 is 5.91 Å². The first-order valence-electron chi connectivity index (χ1n) is 9.41. The minimum Gasteiger partial charge on any atom is -0.478 e. The number of fused-ring (bicyclic) bond motifs is 1. The van der Waals surface area contributed by atoms with Crippen LogP contribution in [-0.2, 0) is 11.3 Å². The van der Waals surface area contributed by atoms with Crippen LogP contribution >= 0.6 is 0 Å². The number of likely N-dealkylation sites (tertiary alicyclic amines) is 2. The molecule has 0 spiro atoms. The van der Waals surface area contributed by atoms with Crippen molar-refractivity contribution in [2.45, 2.75) is 45.2 Å². The molecule has 0 bridgehead atoms. The molecule has 25 heavy (non-hydrogen) atoms. The zero-order chi connectivity index (χ0) is 17.6. The SMILES string of the molecule is CCOc1ccc(CN2CC[C@@H]3[C@@H](CCC(=O)N3CCCO)C2)cn1. The first kappa shape index (κ1) is 18.1. The Labute approximate surface area is 149 Å². The van der Waals surface area contributed by atoms with Crippen LogP contribution in [0.1, 0.15) is 38.2 Å². The van der Waals surface area contributed by atoms with Crippen molar-refractivity contribution in [3.05, 3.63) is 23.9 Å². The molecule has 3 rings (SSSR count). The van der Waals surface area contributed by atoms with E-state index in [1.165, 1.54) is 5.56 Å². The van der Waals surface area contributed by atoms with E-state index >= 15 is 0 Å². The molecule has 1 amide bonds. The van der Waals surface area contributed by atoms with Crippen LogP contribution in [-0.4, -0.2) is 64.7 Å². The number of amides is 1. The maximum absolute atomic E-state index is 12.2. The van der Waals surface area contributed by atoms with Crippen molar-refractivity contribution in [1.29, 1.82) is 0 Å². The van der Waals surface area contributed by atoms with E-state index in [0.717, 1.165) is 32.5 Å². The normalized spacial score (nSPS) is 24.2. The van der Waals surface area contributed by atoms with Gasteiger partial charge < -0.3 is 14.7 Å². The number of carbonyl (C=O) groups is 1. The van der Waals surface area contributed by atoms with Gasteiger partial charge in [0.05, 0.1) is 6.61 Å². The summed E-state index contributed by atoms with van der Waals surface area (Å²) < 4.78 is 5.40. The molecular formula is C19H29N3O3. The fraction of sp³-hybridized carbons (Fsp3) is 0.684. The lowest BCUT2D eigenvalue weighted by Gasteiger charge is -2.47. The number of aliphatic hydroxyl groups is 1. The number of hydrogen-bond donors (Lipinski definition) is 1. The summed E-state index contributed by atoms with van der Waals surface area (Å²) in [5.74, 6) is 1.48. The van der Waals surface area contributed by atoms with Gasteiger partial charge in [-0.1, -0.05) is 6.07 Å². The van der Waals surface area contributed by atoms with Crippen LogP contribution in [0.5, 0.6) is 5.88 Å². The molecule has 2 saturated heterocycles. The van der Waals surface area contributed by atoms with Crippen molar-refractivity contribution in [3.8, 4) is 5.88 Å². The van der Waals surface area contributed by atoms with Crippen molar-refractivity contribution in [3.63, 3.8) is 0 Å². The molecule has 0 radical (unpaired) electrons. The van der Waals surface area contributed by atoms with E-state index in [9.17, 15) is 4.79 Å². The Balaban J connectivity index is 1.56. The molecule has 2 fully saturated rings. The van der Waals surface area contributed by atoms with E-state index in [1.807, 2.05) is 24.1 Å². The van der Waals surface area contributed by atoms with Gasteiger partial charge in [0.25, 0.3) is 0 Å². The summed E-state index contributed by atoms with van der Waals surface area (Å²) >= 11 is 0. The Morgan fingerprint density at radius 1 is 1.36 bits per heavy atom. The third kappa shape index (κ3) is 4.50. The maximum atomic E-state index is 12.2. The number of aromatic nitrogens is 1. The fourth-order valence-electron chi connectivity index (χ4n) is 4.10. The van der Waals surface area contributed by atoms with E-state index in [-0.39, 0.29) is 12.5 Å². The van der Waals surface area contributed by atoms with E-state index in [0.29, 0.717) is 43.8 Å². The molecule has 1 aromatic heterocycles. The monoisotopic (exact) mass is 347 g/mol. The molecule has 2 aliphatic rings. The molecule has 2 aliphatic heterocycles. The second-order valence-electron chi connectivity index (χ2n) is 6.99. The summed E-state index contributed by atoms with van der Waals surface area (Å²) in [5.41, 5.74) is 1.20. The number of rotatable bonds is 7. The number of piperidine rings is 2.